The largest absolute Gasteiger partial charge is 0.348 e. The first-order valence-corrected chi connectivity index (χ1v) is 10.7. The number of thioether (sulfide) groups is 1. The number of amides is 2. The first-order valence-electron chi connectivity index (χ1n) is 9.12. The predicted molar refractivity (Wildman–Crippen MR) is 123 cm³/mol. The van der Waals surface area contributed by atoms with Crippen molar-refractivity contribution in [2.24, 2.45) is 0 Å². The second-order valence-corrected chi connectivity index (χ2v) is 8.53. The summed E-state index contributed by atoms with van der Waals surface area (Å²) in [5, 5.41) is 6.93. The van der Waals surface area contributed by atoms with E-state index in [9.17, 15) is 9.59 Å². The van der Waals surface area contributed by atoms with Gasteiger partial charge in [-0.25, -0.2) is 0 Å². The lowest BCUT2D eigenvalue weighted by atomic mass is 10.1. The van der Waals surface area contributed by atoms with Gasteiger partial charge in [0.25, 0.3) is 11.8 Å². The third kappa shape index (κ3) is 4.70. The molecule has 1 aliphatic rings. The van der Waals surface area contributed by atoms with E-state index in [1.54, 1.807) is 36.4 Å². The normalized spacial score (nSPS) is 14.2. The van der Waals surface area contributed by atoms with Crippen molar-refractivity contribution in [1.29, 1.82) is 0 Å². The van der Waals surface area contributed by atoms with Crippen LogP contribution in [0.4, 0.5) is 5.69 Å². The molecule has 0 atom stereocenters. The molecular weight excluding hydrogens is 439 g/mol. The summed E-state index contributed by atoms with van der Waals surface area (Å²) in [6, 6.07) is 19.9. The fourth-order valence-electron chi connectivity index (χ4n) is 2.97. The van der Waals surface area contributed by atoms with E-state index in [-0.39, 0.29) is 11.8 Å². The fraction of sp³-hybridized carbons (Fsp3) is 0.0435. The van der Waals surface area contributed by atoms with Crippen molar-refractivity contribution in [2.75, 3.05) is 5.32 Å². The first kappa shape index (κ1) is 20.5. The van der Waals surface area contributed by atoms with Crippen LogP contribution in [0, 0.1) is 0 Å². The molecule has 0 spiro atoms. The maximum Gasteiger partial charge on any atom is 0.262 e. The highest BCUT2D eigenvalue weighted by molar-refractivity contribution is 8.04. The summed E-state index contributed by atoms with van der Waals surface area (Å²) >= 11 is 13.5. The summed E-state index contributed by atoms with van der Waals surface area (Å²) < 4.78 is 0. The quantitative estimate of drug-likeness (QED) is 0.474. The summed E-state index contributed by atoms with van der Waals surface area (Å²) in [7, 11) is 0. The summed E-state index contributed by atoms with van der Waals surface area (Å²) in [6.45, 7) is 0.323. The van der Waals surface area contributed by atoms with Crippen LogP contribution in [0.3, 0.4) is 0 Å². The van der Waals surface area contributed by atoms with Gasteiger partial charge in [0.2, 0.25) is 0 Å². The number of halogens is 2. The van der Waals surface area contributed by atoms with Gasteiger partial charge in [-0.05, 0) is 53.6 Å². The van der Waals surface area contributed by atoms with Crippen LogP contribution in [-0.4, -0.2) is 11.8 Å². The molecule has 150 valence electrons. The highest BCUT2D eigenvalue weighted by Crippen LogP contribution is 2.39. The standard InChI is InChI=1S/C23H16Cl2N2O2S/c24-17-6-3-4-14(10-17)11-21-23(29)27-19-12-15(8-9-20(19)30-21)22(28)26-13-16-5-1-2-7-18(16)25/h1-12H,13H2,(H,26,28)(H,27,29). The third-order valence-electron chi connectivity index (χ3n) is 4.48. The zero-order valence-electron chi connectivity index (χ0n) is 15.6. The van der Waals surface area contributed by atoms with Crippen LogP contribution >= 0.6 is 35.0 Å². The maximum absolute atomic E-state index is 12.5. The van der Waals surface area contributed by atoms with Crippen LogP contribution in [0.25, 0.3) is 6.08 Å². The Bertz CT molecular complexity index is 1180. The summed E-state index contributed by atoms with van der Waals surface area (Å²) in [4.78, 5) is 26.5. The average Bonchev–Trinajstić information content (AvgIpc) is 2.73. The minimum Gasteiger partial charge on any atom is -0.348 e. The minimum atomic E-state index is -0.239. The zero-order chi connectivity index (χ0) is 21.1. The SMILES string of the molecule is O=C1Nc2cc(C(=O)NCc3ccccc3Cl)ccc2SC1=Cc1cccc(Cl)c1. The molecule has 2 N–H and O–H groups in total. The number of nitrogens with one attached hydrogen (secondary N) is 2. The molecular formula is C23H16Cl2N2O2S. The fourth-order valence-corrected chi connectivity index (χ4v) is 4.30. The van der Waals surface area contributed by atoms with E-state index in [1.807, 2.05) is 36.4 Å². The van der Waals surface area contributed by atoms with Gasteiger partial charge in [-0.1, -0.05) is 65.3 Å². The number of benzene rings is 3. The highest BCUT2D eigenvalue weighted by Gasteiger charge is 2.22. The molecule has 3 aromatic rings. The highest BCUT2D eigenvalue weighted by atomic mass is 35.5. The number of hydrogen-bond acceptors (Lipinski definition) is 3. The Hall–Kier alpha value is -2.73. The molecule has 0 saturated heterocycles. The maximum atomic E-state index is 12.5. The number of carbonyl (C=O) groups excluding carboxylic acids is 2. The molecule has 3 aromatic carbocycles. The van der Waals surface area contributed by atoms with Gasteiger partial charge in [-0.3, -0.25) is 9.59 Å². The Labute approximate surface area is 188 Å². The minimum absolute atomic E-state index is 0.221. The van der Waals surface area contributed by atoms with Gasteiger partial charge in [-0.2, -0.15) is 0 Å². The summed E-state index contributed by atoms with van der Waals surface area (Å²) in [5.74, 6) is -0.460. The Kier molecular flexibility index (Phi) is 6.13. The van der Waals surface area contributed by atoms with Crippen molar-refractivity contribution in [1.82, 2.24) is 5.32 Å². The van der Waals surface area contributed by atoms with Gasteiger partial charge >= 0.3 is 0 Å². The second-order valence-electron chi connectivity index (χ2n) is 6.60. The zero-order valence-corrected chi connectivity index (χ0v) is 17.9. The van der Waals surface area contributed by atoms with E-state index in [1.165, 1.54) is 11.8 Å². The second kappa shape index (κ2) is 8.96. The van der Waals surface area contributed by atoms with Crippen molar-refractivity contribution in [2.45, 2.75) is 11.4 Å². The van der Waals surface area contributed by atoms with Crippen molar-refractivity contribution in [3.8, 4) is 0 Å². The molecule has 0 bridgehead atoms. The summed E-state index contributed by atoms with van der Waals surface area (Å²) in [5.41, 5.74) is 2.76. The van der Waals surface area contributed by atoms with E-state index in [4.69, 9.17) is 23.2 Å². The monoisotopic (exact) mass is 454 g/mol. The number of anilines is 1. The summed E-state index contributed by atoms with van der Waals surface area (Å²) in [6.07, 6.45) is 1.79. The molecule has 0 radical (unpaired) electrons. The van der Waals surface area contributed by atoms with Crippen LogP contribution in [0.5, 0.6) is 0 Å². The van der Waals surface area contributed by atoms with E-state index in [0.29, 0.717) is 32.7 Å². The number of carbonyl (C=O) groups is 2. The molecule has 0 unspecified atom stereocenters. The van der Waals surface area contributed by atoms with Crippen LogP contribution in [0.1, 0.15) is 21.5 Å². The van der Waals surface area contributed by atoms with E-state index in [0.717, 1.165) is 16.0 Å². The van der Waals surface area contributed by atoms with Crippen LogP contribution in [0.15, 0.2) is 76.5 Å². The van der Waals surface area contributed by atoms with Crippen molar-refractivity contribution < 1.29 is 9.59 Å². The van der Waals surface area contributed by atoms with Crippen LogP contribution < -0.4 is 10.6 Å². The Morgan fingerprint density at radius 2 is 1.87 bits per heavy atom. The Balaban J connectivity index is 1.49. The molecule has 4 nitrogen and oxygen atoms in total. The molecule has 7 heteroatoms. The Morgan fingerprint density at radius 3 is 2.67 bits per heavy atom. The third-order valence-corrected chi connectivity index (χ3v) is 6.18. The predicted octanol–water partition coefficient (Wildman–Crippen LogP) is 6.01. The molecule has 1 heterocycles. The van der Waals surface area contributed by atoms with E-state index in [2.05, 4.69) is 10.6 Å². The number of hydrogen-bond donors (Lipinski definition) is 2. The lowest BCUT2D eigenvalue weighted by molar-refractivity contribution is -0.112. The van der Waals surface area contributed by atoms with Gasteiger partial charge in [0.15, 0.2) is 0 Å². The molecule has 0 saturated carbocycles. The number of fused-ring (bicyclic) bond motifs is 1. The smallest absolute Gasteiger partial charge is 0.262 e. The van der Waals surface area contributed by atoms with Gasteiger partial charge in [-0.15, -0.1) is 0 Å². The topological polar surface area (TPSA) is 58.2 Å². The molecule has 0 aliphatic carbocycles. The van der Waals surface area contributed by atoms with Crippen LogP contribution in [-0.2, 0) is 11.3 Å². The molecule has 0 fully saturated rings. The molecule has 1 aliphatic heterocycles. The van der Waals surface area contributed by atoms with E-state index >= 15 is 0 Å². The number of rotatable bonds is 4. The van der Waals surface area contributed by atoms with E-state index < -0.39 is 0 Å². The van der Waals surface area contributed by atoms with Gasteiger partial charge in [0.05, 0.1) is 10.6 Å². The van der Waals surface area contributed by atoms with Crippen molar-refractivity contribution in [3.63, 3.8) is 0 Å². The van der Waals surface area contributed by atoms with Crippen molar-refractivity contribution >= 4 is 58.5 Å². The van der Waals surface area contributed by atoms with Crippen molar-refractivity contribution in [3.05, 3.63) is 98.4 Å². The molecule has 30 heavy (non-hydrogen) atoms. The molecule has 2 amide bonds. The lowest BCUT2D eigenvalue weighted by Crippen LogP contribution is -2.24. The average molecular weight is 455 g/mol. The van der Waals surface area contributed by atoms with Gasteiger partial charge in [0, 0.05) is 27.0 Å². The first-order chi connectivity index (χ1) is 14.5. The molecule has 4 rings (SSSR count). The lowest BCUT2D eigenvalue weighted by Gasteiger charge is -2.19. The molecule has 0 aromatic heterocycles. The Morgan fingerprint density at radius 1 is 1.03 bits per heavy atom. The van der Waals surface area contributed by atoms with Gasteiger partial charge < -0.3 is 10.6 Å². The van der Waals surface area contributed by atoms with Gasteiger partial charge in [0.1, 0.15) is 0 Å². The van der Waals surface area contributed by atoms with Crippen LogP contribution in [0.2, 0.25) is 10.0 Å².